The molecule has 0 saturated heterocycles. The molecule has 2 aromatic heterocycles. The molecule has 0 saturated carbocycles. The number of carbonyl (C=O) groups excluding carboxylic acids is 1. The molecule has 3 rings (SSSR count). The second-order valence-electron chi connectivity index (χ2n) is 6.86. The number of fused-ring (bicyclic) bond motifs is 1. The highest BCUT2D eigenvalue weighted by atomic mass is 32.1. The van der Waals surface area contributed by atoms with Crippen molar-refractivity contribution in [3.8, 4) is 0 Å². The maximum atomic E-state index is 13.0. The van der Waals surface area contributed by atoms with Gasteiger partial charge in [0, 0.05) is 18.6 Å². The summed E-state index contributed by atoms with van der Waals surface area (Å²) < 4.78 is 6.63. The number of methoxy groups -OCH3 is 1. The van der Waals surface area contributed by atoms with Gasteiger partial charge in [0.25, 0.3) is 5.56 Å². The van der Waals surface area contributed by atoms with E-state index in [0.29, 0.717) is 23.2 Å². The Balaban J connectivity index is 2.05. The first-order chi connectivity index (χ1) is 13.3. The van der Waals surface area contributed by atoms with Crippen molar-refractivity contribution >= 4 is 33.3 Å². The third-order valence-electron chi connectivity index (χ3n) is 4.65. The number of anilines is 1. The van der Waals surface area contributed by atoms with E-state index in [-0.39, 0.29) is 11.5 Å². The van der Waals surface area contributed by atoms with Crippen LogP contribution in [0.5, 0.6) is 0 Å². The molecule has 1 aromatic carbocycles. The number of nitrogens with zero attached hydrogens (tertiary/aromatic N) is 3. The van der Waals surface area contributed by atoms with E-state index in [9.17, 15) is 9.59 Å². The smallest absolute Gasteiger partial charge is 0.252 e. The quantitative estimate of drug-likeness (QED) is 0.684. The number of pyridine rings is 1. The molecular formula is C20H24N4O3S. The number of hydrogen-bond donors (Lipinski definition) is 1. The van der Waals surface area contributed by atoms with Crippen LogP contribution in [0, 0.1) is 20.8 Å². The lowest BCUT2D eigenvalue weighted by Gasteiger charge is -2.22. The second kappa shape index (κ2) is 8.20. The molecule has 8 heteroatoms. The fourth-order valence-corrected chi connectivity index (χ4v) is 4.21. The number of benzene rings is 1. The maximum Gasteiger partial charge on any atom is 0.252 e. The average molecular weight is 401 g/mol. The standard InChI is InChI=1S/C20H24N4O3S/c1-6-15(19(26)21-20-23-22-16(28-20)10-27-5)24-17(25)9-12(3)14-8-11(2)7-13(4)18(14)24/h7-9,15H,6,10H2,1-5H3,(H,21,23,26). The Morgan fingerprint density at radius 3 is 2.64 bits per heavy atom. The highest BCUT2D eigenvalue weighted by molar-refractivity contribution is 7.15. The van der Waals surface area contributed by atoms with E-state index < -0.39 is 6.04 Å². The van der Waals surface area contributed by atoms with E-state index in [0.717, 1.165) is 27.6 Å². The van der Waals surface area contributed by atoms with Crippen LogP contribution in [0.3, 0.4) is 0 Å². The summed E-state index contributed by atoms with van der Waals surface area (Å²) in [5, 5.41) is 12.8. The molecule has 2 heterocycles. The van der Waals surface area contributed by atoms with Crippen molar-refractivity contribution in [1.82, 2.24) is 14.8 Å². The highest BCUT2D eigenvalue weighted by Gasteiger charge is 2.24. The summed E-state index contributed by atoms with van der Waals surface area (Å²) in [5.74, 6) is -0.283. The summed E-state index contributed by atoms with van der Waals surface area (Å²) >= 11 is 1.26. The van der Waals surface area contributed by atoms with E-state index in [1.165, 1.54) is 11.3 Å². The normalized spacial score (nSPS) is 12.3. The predicted molar refractivity (Wildman–Crippen MR) is 111 cm³/mol. The van der Waals surface area contributed by atoms with Crippen molar-refractivity contribution in [2.75, 3.05) is 12.4 Å². The summed E-state index contributed by atoms with van der Waals surface area (Å²) in [5.41, 5.74) is 3.62. The molecule has 3 aromatic rings. The Labute approximate surface area is 167 Å². The molecule has 28 heavy (non-hydrogen) atoms. The summed E-state index contributed by atoms with van der Waals surface area (Å²) in [6.45, 7) is 8.15. The minimum atomic E-state index is -0.646. The Morgan fingerprint density at radius 2 is 1.96 bits per heavy atom. The van der Waals surface area contributed by atoms with Crippen molar-refractivity contribution in [3.63, 3.8) is 0 Å². The van der Waals surface area contributed by atoms with Crippen LogP contribution in [0.4, 0.5) is 5.13 Å². The fourth-order valence-electron chi connectivity index (χ4n) is 3.49. The van der Waals surface area contributed by atoms with Crippen LogP contribution in [0.2, 0.25) is 0 Å². The molecule has 0 spiro atoms. The number of amides is 1. The SMILES string of the molecule is CCC(C(=O)Nc1nnc(COC)s1)n1c(=O)cc(C)c2cc(C)cc(C)c21. The Morgan fingerprint density at radius 1 is 1.21 bits per heavy atom. The molecule has 0 radical (unpaired) electrons. The number of hydrogen-bond acceptors (Lipinski definition) is 6. The molecule has 1 amide bonds. The average Bonchev–Trinajstić information content (AvgIpc) is 3.06. The van der Waals surface area contributed by atoms with Crippen molar-refractivity contribution in [3.05, 3.63) is 50.3 Å². The summed E-state index contributed by atoms with van der Waals surface area (Å²) in [6.07, 6.45) is 0.473. The van der Waals surface area contributed by atoms with Gasteiger partial charge in [0.05, 0.1) is 5.52 Å². The van der Waals surface area contributed by atoms with E-state index in [2.05, 4.69) is 21.6 Å². The van der Waals surface area contributed by atoms with Crippen LogP contribution in [0.15, 0.2) is 23.0 Å². The van der Waals surface area contributed by atoms with Gasteiger partial charge in [-0.25, -0.2) is 0 Å². The van der Waals surface area contributed by atoms with Gasteiger partial charge in [-0.2, -0.15) is 0 Å². The first-order valence-electron chi connectivity index (χ1n) is 9.11. The minimum absolute atomic E-state index is 0.184. The van der Waals surface area contributed by atoms with Crippen molar-refractivity contribution in [2.24, 2.45) is 0 Å². The first kappa shape index (κ1) is 20.2. The van der Waals surface area contributed by atoms with Gasteiger partial charge in [-0.15, -0.1) is 10.2 Å². The van der Waals surface area contributed by atoms with Crippen molar-refractivity contribution in [2.45, 2.75) is 46.8 Å². The minimum Gasteiger partial charge on any atom is -0.377 e. The predicted octanol–water partition coefficient (Wildman–Crippen LogP) is 3.51. The third kappa shape index (κ3) is 3.83. The van der Waals surface area contributed by atoms with Gasteiger partial charge in [-0.3, -0.25) is 19.5 Å². The fraction of sp³-hybridized carbons (Fsp3) is 0.400. The number of nitrogens with one attached hydrogen (secondary N) is 1. The van der Waals surface area contributed by atoms with E-state index in [1.54, 1.807) is 17.7 Å². The van der Waals surface area contributed by atoms with E-state index >= 15 is 0 Å². The number of aromatic nitrogens is 3. The molecule has 0 aliphatic carbocycles. The van der Waals surface area contributed by atoms with Crippen LogP contribution < -0.4 is 10.9 Å². The van der Waals surface area contributed by atoms with Gasteiger partial charge >= 0.3 is 0 Å². The lowest BCUT2D eigenvalue weighted by atomic mass is 10.0. The first-order valence-corrected chi connectivity index (χ1v) is 9.92. The largest absolute Gasteiger partial charge is 0.377 e. The second-order valence-corrected chi connectivity index (χ2v) is 7.92. The number of ether oxygens (including phenoxy) is 1. The van der Waals surface area contributed by atoms with Crippen LogP contribution in [0.1, 0.15) is 41.1 Å². The van der Waals surface area contributed by atoms with Gasteiger partial charge in [0.15, 0.2) is 0 Å². The lowest BCUT2D eigenvalue weighted by molar-refractivity contribution is -0.119. The summed E-state index contributed by atoms with van der Waals surface area (Å²) in [7, 11) is 1.58. The number of carbonyl (C=O) groups is 1. The van der Waals surface area contributed by atoms with Crippen LogP contribution in [-0.2, 0) is 16.1 Å². The van der Waals surface area contributed by atoms with Crippen LogP contribution in [0.25, 0.3) is 10.9 Å². The zero-order valence-electron chi connectivity index (χ0n) is 16.7. The molecule has 148 valence electrons. The topological polar surface area (TPSA) is 86.1 Å². The zero-order valence-corrected chi connectivity index (χ0v) is 17.5. The Bertz CT molecular complexity index is 1090. The van der Waals surface area contributed by atoms with Crippen molar-refractivity contribution < 1.29 is 9.53 Å². The Hall–Kier alpha value is -2.58. The van der Waals surface area contributed by atoms with E-state index in [4.69, 9.17) is 4.74 Å². The molecule has 0 aliphatic heterocycles. The summed E-state index contributed by atoms with van der Waals surface area (Å²) in [4.78, 5) is 25.9. The molecule has 1 atom stereocenters. The molecule has 0 bridgehead atoms. The van der Waals surface area contributed by atoms with Gasteiger partial charge in [0.1, 0.15) is 17.7 Å². The maximum absolute atomic E-state index is 13.0. The molecule has 0 aliphatic rings. The van der Waals surface area contributed by atoms with Crippen LogP contribution >= 0.6 is 11.3 Å². The zero-order chi connectivity index (χ0) is 20.4. The number of aryl methyl sites for hydroxylation is 3. The number of rotatable bonds is 6. The molecule has 1 N–H and O–H groups in total. The molecule has 7 nitrogen and oxygen atoms in total. The molecular weight excluding hydrogens is 376 g/mol. The summed E-state index contributed by atoms with van der Waals surface area (Å²) in [6, 6.07) is 5.04. The van der Waals surface area contributed by atoms with E-state index in [1.807, 2.05) is 33.8 Å². The third-order valence-corrected chi connectivity index (χ3v) is 5.47. The van der Waals surface area contributed by atoms with Gasteiger partial charge in [0.2, 0.25) is 11.0 Å². The Kier molecular flexibility index (Phi) is 5.90. The molecule has 1 unspecified atom stereocenters. The van der Waals surface area contributed by atoms with Crippen molar-refractivity contribution in [1.29, 1.82) is 0 Å². The van der Waals surface area contributed by atoms with Gasteiger partial charge < -0.3 is 4.74 Å². The highest BCUT2D eigenvalue weighted by Crippen LogP contribution is 2.27. The van der Waals surface area contributed by atoms with Gasteiger partial charge in [-0.05, 0) is 44.4 Å². The van der Waals surface area contributed by atoms with Crippen LogP contribution in [-0.4, -0.2) is 27.8 Å². The molecule has 0 fully saturated rings. The lowest BCUT2D eigenvalue weighted by Crippen LogP contribution is -2.33. The van der Waals surface area contributed by atoms with Gasteiger partial charge in [-0.1, -0.05) is 29.9 Å². The monoisotopic (exact) mass is 400 g/mol.